The Morgan fingerprint density at radius 3 is 2.53 bits per heavy atom. The first-order valence-corrected chi connectivity index (χ1v) is 8.13. The first-order valence-electron chi connectivity index (χ1n) is 5.44. The molecule has 19 heavy (non-hydrogen) atoms. The SMILES string of the molecule is CC(C)(C#N)CCOc1ccc(S(=O)(=O)Cl)cc1Cl. The van der Waals surface area contributed by atoms with E-state index in [1.165, 1.54) is 18.2 Å². The van der Waals surface area contributed by atoms with E-state index in [9.17, 15) is 8.42 Å². The minimum atomic E-state index is -3.80. The first kappa shape index (κ1) is 16.1. The Labute approximate surface area is 122 Å². The second-order valence-electron chi connectivity index (χ2n) is 4.62. The number of hydrogen-bond donors (Lipinski definition) is 0. The van der Waals surface area contributed by atoms with Gasteiger partial charge >= 0.3 is 0 Å². The first-order chi connectivity index (χ1) is 8.65. The molecule has 0 aromatic heterocycles. The lowest BCUT2D eigenvalue weighted by Crippen LogP contribution is -2.13. The molecule has 0 spiro atoms. The molecule has 0 fully saturated rings. The molecule has 0 radical (unpaired) electrons. The van der Waals surface area contributed by atoms with Crippen LogP contribution in [0.4, 0.5) is 0 Å². The van der Waals surface area contributed by atoms with Crippen LogP contribution in [0.3, 0.4) is 0 Å². The standard InChI is InChI=1S/C12H13Cl2NO3S/c1-12(2,8-15)5-6-18-11-4-3-9(7-10(11)13)19(14,16)17/h3-4,7H,5-6H2,1-2H3. The number of nitrogens with zero attached hydrogens (tertiary/aromatic N) is 1. The Kier molecular flexibility index (Phi) is 5.08. The van der Waals surface area contributed by atoms with Crippen molar-refractivity contribution in [3.8, 4) is 11.8 Å². The zero-order chi connectivity index (χ0) is 14.7. The molecule has 0 bridgehead atoms. The predicted molar refractivity (Wildman–Crippen MR) is 74.0 cm³/mol. The average Bonchev–Trinajstić information content (AvgIpc) is 2.30. The normalized spacial score (nSPS) is 11.9. The minimum Gasteiger partial charge on any atom is -0.492 e. The van der Waals surface area contributed by atoms with Crippen LogP contribution in [0.15, 0.2) is 23.1 Å². The Balaban J connectivity index is 2.75. The van der Waals surface area contributed by atoms with Gasteiger partial charge in [-0.15, -0.1) is 0 Å². The third-order valence-electron chi connectivity index (χ3n) is 2.47. The second-order valence-corrected chi connectivity index (χ2v) is 7.60. The fraction of sp³-hybridized carbons (Fsp3) is 0.417. The van der Waals surface area contributed by atoms with Crippen molar-refractivity contribution >= 4 is 31.3 Å². The van der Waals surface area contributed by atoms with Crippen LogP contribution in [0.1, 0.15) is 20.3 Å². The molecule has 0 aliphatic carbocycles. The maximum atomic E-state index is 11.1. The van der Waals surface area contributed by atoms with Gasteiger partial charge in [0.25, 0.3) is 9.05 Å². The lowest BCUT2D eigenvalue weighted by molar-refractivity contribution is 0.264. The van der Waals surface area contributed by atoms with Crippen molar-refractivity contribution in [3.05, 3.63) is 23.2 Å². The van der Waals surface area contributed by atoms with Crippen LogP contribution in [0, 0.1) is 16.7 Å². The quantitative estimate of drug-likeness (QED) is 0.777. The highest BCUT2D eigenvalue weighted by Crippen LogP contribution is 2.29. The zero-order valence-electron chi connectivity index (χ0n) is 10.5. The van der Waals surface area contributed by atoms with E-state index in [-0.39, 0.29) is 9.92 Å². The molecule has 104 valence electrons. The summed E-state index contributed by atoms with van der Waals surface area (Å²) in [5.74, 6) is 0.361. The minimum absolute atomic E-state index is 0.0797. The Bertz CT molecular complexity index is 606. The summed E-state index contributed by atoms with van der Waals surface area (Å²) in [5.41, 5.74) is -0.480. The molecule has 0 atom stereocenters. The molecule has 0 N–H and O–H groups in total. The van der Waals surface area contributed by atoms with E-state index < -0.39 is 14.5 Å². The van der Waals surface area contributed by atoms with E-state index in [2.05, 4.69) is 6.07 Å². The van der Waals surface area contributed by atoms with Crippen LogP contribution in [0.25, 0.3) is 0 Å². The summed E-state index contributed by atoms with van der Waals surface area (Å²) in [6.45, 7) is 3.93. The highest BCUT2D eigenvalue weighted by atomic mass is 35.7. The molecule has 0 heterocycles. The number of hydrogen-bond acceptors (Lipinski definition) is 4. The molecular weight excluding hydrogens is 309 g/mol. The number of ether oxygens (including phenoxy) is 1. The smallest absolute Gasteiger partial charge is 0.261 e. The van der Waals surface area contributed by atoms with Gasteiger partial charge in [-0.1, -0.05) is 11.6 Å². The third kappa shape index (κ3) is 4.90. The van der Waals surface area contributed by atoms with Gasteiger partial charge in [-0.05, 0) is 38.5 Å². The summed E-state index contributed by atoms with van der Waals surface area (Å²) in [6, 6.07) is 6.15. The monoisotopic (exact) mass is 321 g/mol. The second kappa shape index (κ2) is 6.00. The third-order valence-corrected chi connectivity index (χ3v) is 4.12. The van der Waals surface area contributed by atoms with Crippen LogP contribution in [-0.4, -0.2) is 15.0 Å². The Morgan fingerprint density at radius 2 is 2.05 bits per heavy atom. The topological polar surface area (TPSA) is 67.2 Å². The van der Waals surface area contributed by atoms with Gasteiger partial charge in [-0.2, -0.15) is 5.26 Å². The van der Waals surface area contributed by atoms with Crippen molar-refractivity contribution in [3.63, 3.8) is 0 Å². The molecule has 0 unspecified atom stereocenters. The number of halogens is 2. The molecule has 7 heteroatoms. The predicted octanol–water partition coefficient (Wildman–Crippen LogP) is 3.59. The van der Waals surface area contributed by atoms with Crippen molar-refractivity contribution < 1.29 is 13.2 Å². The largest absolute Gasteiger partial charge is 0.492 e. The van der Waals surface area contributed by atoms with Crippen molar-refractivity contribution in [2.45, 2.75) is 25.2 Å². The molecule has 0 aliphatic heterocycles. The Morgan fingerprint density at radius 1 is 1.42 bits per heavy atom. The lowest BCUT2D eigenvalue weighted by Gasteiger charge is -2.15. The molecule has 0 saturated carbocycles. The summed E-state index contributed by atoms with van der Waals surface area (Å²) in [7, 11) is 1.40. The maximum absolute atomic E-state index is 11.1. The van der Waals surface area contributed by atoms with Crippen LogP contribution in [0.5, 0.6) is 5.75 Å². The number of nitriles is 1. The van der Waals surface area contributed by atoms with Crippen molar-refractivity contribution in [2.75, 3.05) is 6.61 Å². The molecule has 1 aromatic rings. The van der Waals surface area contributed by atoms with Gasteiger partial charge in [0.15, 0.2) is 0 Å². The summed E-state index contributed by atoms with van der Waals surface area (Å²) in [4.78, 5) is -0.0797. The van der Waals surface area contributed by atoms with E-state index in [0.29, 0.717) is 18.8 Å². The van der Waals surface area contributed by atoms with E-state index >= 15 is 0 Å². The van der Waals surface area contributed by atoms with Crippen molar-refractivity contribution in [1.29, 1.82) is 5.26 Å². The summed E-state index contributed by atoms with van der Waals surface area (Å²) < 4.78 is 27.6. The molecule has 0 amide bonds. The molecule has 1 rings (SSSR count). The number of rotatable bonds is 5. The fourth-order valence-electron chi connectivity index (χ4n) is 1.22. The van der Waals surface area contributed by atoms with Crippen LogP contribution >= 0.6 is 22.3 Å². The molecule has 4 nitrogen and oxygen atoms in total. The highest BCUT2D eigenvalue weighted by molar-refractivity contribution is 8.13. The molecule has 0 saturated heterocycles. The van der Waals surface area contributed by atoms with Crippen LogP contribution in [-0.2, 0) is 9.05 Å². The van der Waals surface area contributed by atoms with E-state index in [1.807, 2.05) is 0 Å². The van der Waals surface area contributed by atoms with E-state index in [1.54, 1.807) is 13.8 Å². The molecule has 0 aliphatic rings. The van der Waals surface area contributed by atoms with Crippen LogP contribution < -0.4 is 4.74 Å². The fourth-order valence-corrected chi connectivity index (χ4v) is 2.30. The van der Waals surface area contributed by atoms with Gasteiger partial charge in [0.1, 0.15) is 5.75 Å². The van der Waals surface area contributed by atoms with E-state index in [4.69, 9.17) is 32.3 Å². The van der Waals surface area contributed by atoms with Gasteiger partial charge < -0.3 is 4.74 Å². The lowest BCUT2D eigenvalue weighted by atomic mass is 9.92. The molecular formula is C12H13Cl2NO3S. The van der Waals surface area contributed by atoms with Gasteiger partial charge in [-0.3, -0.25) is 0 Å². The van der Waals surface area contributed by atoms with Crippen LogP contribution in [0.2, 0.25) is 5.02 Å². The Hall–Kier alpha value is -0.960. The zero-order valence-corrected chi connectivity index (χ0v) is 12.8. The van der Waals surface area contributed by atoms with Crippen molar-refractivity contribution in [1.82, 2.24) is 0 Å². The summed E-state index contributed by atoms with van der Waals surface area (Å²) in [6.07, 6.45) is 0.537. The maximum Gasteiger partial charge on any atom is 0.261 e. The van der Waals surface area contributed by atoms with Gasteiger partial charge in [-0.25, -0.2) is 8.42 Å². The summed E-state index contributed by atoms with van der Waals surface area (Å²) >= 11 is 5.91. The van der Waals surface area contributed by atoms with Gasteiger partial charge in [0.2, 0.25) is 0 Å². The molecule has 1 aromatic carbocycles. The number of benzene rings is 1. The van der Waals surface area contributed by atoms with E-state index in [0.717, 1.165) is 0 Å². The van der Waals surface area contributed by atoms with Crippen molar-refractivity contribution in [2.24, 2.45) is 5.41 Å². The highest BCUT2D eigenvalue weighted by Gasteiger charge is 2.17. The van der Waals surface area contributed by atoms with Gasteiger partial charge in [0.05, 0.1) is 28.0 Å². The summed E-state index contributed by atoms with van der Waals surface area (Å²) in [5, 5.41) is 9.02. The van der Waals surface area contributed by atoms with Gasteiger partial charge in [0, 0.05) is 10.7 Å². The average molecular weight is 322 g/mol.